The molecule has 144 valence electrons. The van der Waals surface area contributed by atoms with Crippen LogP contribution in [0.25, 0.3) is 10.8 Å². The Morgan fingerprint density at radius 3 is 2.31 bits per heavy atom. The van der Waals surface area contributed by atoms with Crippen molar-refractivity contribution in [1.82, 2.24) is 5.32 Å². The van der Waals surface area contributed by atoms with Gasteiger partial charge >= 0.3 is 6.03 Å². The third kappa shape index (κ3) is 3.89. The van der Waals surface area contributed by atoms with E-state index in [4.69, 9.17) is 0 Å². The highest BCUT2D eigenvalue weighted by Crippen LogP contribution is 2.35. The van der Waals surface area contributed by atoms with Crippen LogP contribution in [-0.4, -0.2) is 11.1 Å². The van der Waals surface area contributed by atoms with Crippen molar-refractivity contribution in [1.29, 1.82) is 0 Å². The quantitative estimate of drug-likeness (QED) is 0.428. The first kappa shape index (κ1) is 18.5. The summed E-state index contributed by atoms with van der Waals surface area (Å²) >= 11 is 0. The molecule has 5 heteroatoms. The number of phenols is 1. The van der Waals surface area contributed by atoms with Gasteiger partial charge in [-0.05, 0) is 34.5 Å². The number of hydrogen-bond donors (Lipinski definition) is 3. The number of para-hydroxylation sites is 1. The van der Waals surface area contributed by atoms with Crippen LogP contribution in [0.3, 0.4) is 0 Å². The molecule has 0 aliphatic carbocycles. The van der Waals surface area contributed by atoms with E-state index in [0.717, 1.165) is 16.3 Å². The molecule has 0 fully saturated rings. The zero-order valence-electron chi connectivity index (χ0n) is 15.5. The first-order chi connectivity index (χ1) is 14.1. The second kappa shape index (κ2) is 8.02. The lowest BCUT2D eigenvalue weighted by molar-refractivity contribution is 0.250. The number of phenolic OH excluding ortho intramolecular Hbond substituents is 1. The summed E-state index contributed by atoms with van der Waals surface area (Å²) in [5.41, 5.74) is 1.46. The molecule has 0 aliphatic rings. The summed E-state index contributed by atoms with van der Waals surface area (Å²) in [6.45, 7) is 0. The van der Waals surface area contributed by atoms with Crippen LogP contribution in [0.5, 0.6) is 5.75 Å². The Labute approximate surface area is 167 Å². The summed E-state index contributed by atoms with van der Waals surface area (Å²) in [7, 11) is 0. The summed E-state index contributed by atoms with van der Waals surface area (Å²) in [5.74, 6) is -0.448. The number of anilines is 1. The molecule has 0 aliphatic heterocycles. The van der Waals surface area contributed by atoms with E-state index >= 15 is 0 Å². The molecule has 0 radical (unpaired) electrons. The molecule has 0 saturated carbocycles. The maximum Gasteiger partial charge on any atom is 0.320 e. The molecule has 4 aromatic carbocycles. The zero-order chi connectivity index (χ0) is 20.2. The second-order valence-electron chi connectivity index (χ2n) is 6.64. The van der Waals surface area contributed by atoms with Crippen LogP contribution in [-0.2, 0) is 0 Å². The normalized spacial score (nSPS) is 11.8. The smallest absolute Gasteiger partial charge is 0.320 e. The number of halogens is 1. The first-order valence-electron chi connectivity index (χ1n) is 9.21. The van der Waals surface area contributed by atoms with E-state index in [9.17, 15) is 14.3 Å². The third-order valence-electron chi connectivity index (χ3n) is 4.77. The molecule has 0 saturated heterocycles. The van der Waals surface area contributed by atoms with Gasteiger partial charge in [-0.25, -0.2) is 9.18 Å². The minimum absolute atomic E-state index is 0.0729. The maximum absolute atomic E-state index is 13.9. The molecular formula is C24H19FN2O2. The Hall–Kier alpha value is -3.86. The van der Waals surface area contributed by atoms with E-state index in [2.05, 4.69) is 10.6 Å². The molecule has 2 amide bonds. The molecule has 3 N–H and O–H groups in total. The first-order valence-corrected chi connectivity index (χ1v) is 9.21. The van der Waals surface area contributed by atoms with Gasteiger partial charge in [0, 0.05) is 5.56 Å². The molecule has 4 aromatic rings. The maximum atomic E-state index is 13.9. The van der Waals surface area contributed by atoms with Crippen molar-refractivity contribution in [3.63, 3.8) is 0 Å². The summed E-state index contributed by atoms with van der Waals surface area (Å²) in [5, 5.41) is 17.8. The number of aromatic hydroxyl groups is 1. The van der Waals surface area contributed by atoms with Gasteiger partial charge in [0.25, 0.3) is 0 Å². The Bertz CT molecular complexity index is 1160. The number of carbonyl (C=O) groups is 1. The Kier molecular flexibility index (Phi) is 5.12. The number of carbonyl (C=O) groups excluding carboxylic acids is 1. The van der Waals surface area contributed by atoms with Crippen molar-refractivity contribution < 1.29 is 14.3 Å². The lowest BCUT2D eigenvalue weighted by Crippen LogP contribution is -2.33. The lowest BCUT2D eigenvalue weighted by Gasteiger charge is -2.23. The van der Waals surface area contributed by atoms with Crippen molar-refractivity contribution in [3.05, 3.63) is 108 Å². The van der Waals surface area contributed by atoms with Crippen LogP contribution >= 0.6 is 0 Å². The van der Waals surface area contributed by atoms with Crippen molar-refractivity contribution in [3.8, 4) is 5.75 Å². The van der Waals surface area contributed by atoms with Crippen LogP contribution in [0.15, 0.2) is 91.0 Å². The number of urea groups is 1. The zero-order valence-corrected chi connectivity index (χ0v) is 15.5. The molecule has 4 rings (SSSR count). The summed E-state index contributed by atoms with van der Waals surface area (Å²) in [4.78, 5) is 12.7. The second-order valence-corrected chi connectivity index (χ2v) is 6.64. The van der Waals surface area contributed by atoms with Crippen molar-refractivity contribution in [2.24, 2.45) is 0 Å². The molecule has 0 heterocycles. The Balaban J connectivity index is 1.75. The van der Waals surface area contributed by atoms with E-state index in [0.29, 0.717) is 5.56 Å². The fourth-order valence-corrected chi connectivity index (χ4v) is 3.41. The van der Waals surface area contributed by atoms with Gasteiger partial charge in [0.05, 0.1) is 11.7 Å². The topological polar surface area (TPSA) is 61.4 Å². The molecule has 0 spiro atoms. The Morgan fingerprint density at radius 1 is 0.828 bits per heavy atom. The van der Waals surface area contributed by atoms with E-state index < -0.39 is 17.9 Å². The van der Waals surface area contributed by atoms with E-state index in [1.807, 2.05) is 60.7 Å². The van der Waals surface area contributed by atoms with Crippen LogP contribution in [0.4, 0.5) is 14.9 Å². The largest absolute Gasteiger partial charge is 0.508 e. The van der Waals surface area contributed by atoms with Crippen molar-refractivity contribution in [2.45, 2.75) is 6.04 Å². The standard InChI is InChI=1S/C24H19FN2O2/c25-19-12-6-7-13-20(19)26-24(29)27-23(17-9-2-1-3-10-17)22-18-11-5-4-8-16(18)14-15-21(22)28/h1-15,23,28H,(H2,26,27,29)/t23-/m0/s1. The predicted octanol–water partition coefficient (Wildman–Crippen LogP) is 5.60. The highest BCUT2D eigenvalue weighted by Gasteiger charge is 2.22. The van der Waals surface area contributed by atoms with Gasteiger partial charge in [0.1, 0.15) is 11.6 Å². The number of hydrogen-bond acceptors (Lipinski definition) is 2. The number of fused-ring (bicyclic) bond motifs is 1. The minimum atomic E-state index is -0.630. The van der Waals surface area contributed by atoms with Gasteiger partial charge < -0.3 is 15.7 Å². The van der Waals surface area contributed by atoms with Gasteiger partial charge in [-0.2, -0.15) is 0 Å². The van der Waals surface area contributed by atoms with Crippen molar-refractivity contribution in [2.75, 3.05) is 5.32 Å². The van der Waals surface area contributed by atoms with Gasteiger partial charge in [-0.1, -0.05) is 72.8 Å². The fourth-order valence-electron chi connectivity index (χ4n) is 3.41. The van der Waals surface area contributed by atoms with Crippen LogP contribution < -0.4 is 10.6 Å². The van der Waals surface area contributed by atoms with Crippen LogP contribution in [0, 0.1) is 5.82 Å². The SMILES string of the molecule is O=C(Nc1ccccc1F)N[C@@H](c1ccccc1)c1c(O)ccc2ccccc12. The predicted molar refractivity (Wildman–Crippen MR) is 112 cm³/mol. The molecular weight excluding hydrogens is 367 g/mol. The molecule has 4 nitrogen and oxygen atoms in total. The van der Waals surface area contributed by atoms with E-state index in [1.165, 1.54) is 12.1 Å². The number of amides is 2. The number of benzene rings is 4. The highest BCUT2D eigenvalue weighted by molar-refractivity contribution is 5.92. The lowest BCUT2D eigenvalue weighted by atomic mass is 9.93. The minimum Gasteiger partial charge on any atom is -0.508 e. The summed E-state index contributed by atoms with van der Waals surface area (Å²) < 4.78 is 13.9. The Morgan fingerprint density at radius 2 is 1.52 bits per heavy atom. The van der Waals surface area contributed by atoms with Crippen LogP contribution in [0.2, 0.25) is 0 Å². The average molecular weight is 386 g/mol. The van der Waals surface area contributed by atoms with Crippen molar-refractivity contribution >= 4 is 22.5 Å². The van der Waals surface area contributed by atoms with E-state index in [1.54, 1.807) is 18.2 Å². The fraction of sp³-hybridized carbons (Fsp3) is 0.0417. The van der Waals surface area contributed by atoms with Gasteiger partial charge in [0.2, 0.25) is 0 Å². The van der Waals surface area contributed by atoms with Gasteiger partial charge in [-0.3, -0.25) is 0 Å². The van der Waals surface area contributed by atoms with E-state index in [-0.39, 0.29) is 11.4 Å². The molecule has 0 unspecified atom stereocenters. The summed E-state index contributed by atoms with van der Waals surface area (Å²) in [6, 6.07) is 25.2. The molecule has 1 atom stereocenters. The monoisotopic (exact) mass is 386 g/mol. The molecule has 29 heavy (non-hydrogen) atoms. The molecule has 0 bridgehead atoms. The average Bonchev–Trinajstić information content (AvgIpc) is 2.75. The number of nitrogens with one attached hydrogen (secondary N) is 2. The number of rotatable bonds is 4. The van der Waals surface area contributed by atoms with Gasteiger partial charge in [0.15, 0.2) is 0 Å². The van der Waals surface area contributed by atoms with Crippen LogP contribution in [0.1, 0.15) is 17.2 Å². The summed E-state index contributed by atoms with van der Waals surface area (Å²) in [6.07, 6.45) is 0. The third-order valence-corrected chi connectivity index (χ3v) is 4.77. The molecule has 0 aromatic heterocycles. The highest BCUT2D eigenvalue weighted by atomic mass is 19.1. The van der Waals surface area contributed by atoms with Gasteiger partial charge in [-0.15, -0.1) is 0 Å².